The van der Waals surface area contributed by atoms with Gasteiger partial charge in [0.2, 0.25) is 17.7 Å². The Morgan fingerprint density at radius 3 is 2.23 bits per heavy atom. The van der Waals surface area contributed by atoms with Gasteiger partial charge in [-0.1, -0.05) is 13.8 Å². The molecule has 0 aromatic carbocycles. The molecule has 30 heavy (non-hydrogen) atoms. The zero-order valence-electron chi connectivity index (χ0n) is 18.2. The zero-order chi connectivity index (χ0) is 22.7. The molecule has 4 atom stereocenters. The SMILES string of the molecule is CC(C)CC(NC(=O)C(CCCCN)NC(=O)C(C)NC(=O)C1CCCN1)C(=O)O. The third kappa shape index (κ3) is 9.08. The standard InChI is InChI=1S/C20H37N5O5/c1-12(2)11-16(20(29)30)25-19(28)15(7-4-5-9-21)24-17(26)13(3)23-18(27)14-8-6-10-22-14/h12-16,22H,4-11,21H2,1-3H3,(H,23,27)(H,24,26)(H,25,28)(H,29,30). The number of unbranched alkanes of at least 4 members (excludes halogenated alkanes) is 1. The van der Waals surface area contributed by atoms with Crippen LogP contribution in [0.4, 0.5) is 0 Å². The number of aliphatic carboxylic acids is 1. The lowest BCUT2D eigenvalue weighted by molar-refractivity contribution is -0.142. The number of carboxylic acid groups (broad SMARTS) is 1. The van der Waals surface area contributed by atoms with Crippen LogP contribution in [0, 0.1) is 5.92 Å². The van der Waals surface area contributed by atoms with Crippen molar-refractivity contribution in [3.05, 3.63) is 0 Å². The van der Waals surface area contributed by atoms with Crippen LogP contribution in [0.5, 0.6) is 0 Å². The van der Waals surface area contributed by atoms with Gasteiger partial charge in [0.05, 0.1) is 6.04 Å². The molecule has 0 bridgehead atoms. The van der Waals surface area contributed by atoms with Crippen LogP contribution in [-0.2, 0) is 19.2 Å². The van der Waals surface area contributed by atoms with Crippen molar-refractivity contribution >= 4 is 23.7 Å². The highest BCUT2D eigenvalue weighted by atomic mass is 16.4. The first-order chi connectivity index (χ1) is 14.1. The van der Waals surface area contributed by atoms with Gasteiger partial charge in [-0.25, -0.2) is 4.79 Å². The van der Waals surface area contributed by atoms with Crippen LogP contribution in [0.25, 0.3) is 0 Å². The minimum absolute atomic E-state index is 0.0797. The van der Waals surface area contributed by atoms with Gasteiger partial charge in [0.1, 0.15) is 18.1 Å². The quantitative estimate of drug-likeness (QED) is 0.215. The average molecular weight is 428 g/mol. The molecule has 0 aromatic rings. The van der Waals surface area contributed by atoms with E-state index in [9.17, 15) is 24.3 Å². The van der Waals surface area contributed by atoms with E-state index in [1.807, 2.05) is 13.8 Å². The summed E-state index contributed by atoms with van der Waals surface area (Å²) in [5, 5.41) is 20.3. The van der Waals surface area contributed by atoms with Crippen molar-refractivity contribution in [3.63, 3.8) is 0 Å². The van der Waals surface area contributed by atoms with E-state index >= 15 is 0 Å². The molecule has 1 fully saturated rings. The number of carbonyl (C=O) groups excluding carboxylic acids is 3. The van der Waals surface area contributed by atoms with Gasteiger partial charge in [-0.3, -0.25) is 14.4 Å². The summed E-state index contributed by atoms with van der Waals surface area (Å²) < 4.78 is 0. The van der Waals surface area contributed by atoms with Crippen molar-refractivity contribution in [1.82, 2.24) is 21.3 Å². The van der Waals surface area contributed by atoms with Crippen molar-refractivity contribution in [2.45, 2.75) is 83.5 Å². The fourth-order valence-corrected chi connectivity index (χ4v) is 3.31. The van der Waals surface area contributed by atoms with Gasteiger partial charge in [0, 0.05) is 0 Å². The topological polar surface area (TPSA) is 163 Å². The molecule has 172 valence electrons. The molecule has 0 aliphatic carbocycles. The first-order valence-corrected chi connectivity index (χ1v) is 10.7. The second-order valence-electron chi connectivity index (χ2n) is 8.25. The van der Waals surface area contributed by atoms with Crippen LogP contribution in [0.3, 0.4) is 0 Å². The lowest BCUT2D eigenvalue weighted by Crippen LogP contribution is -2.56. The van der Waals surface area contributed by atoms with Gasteiger partial charge in [-0.15, -0.1) is 0 Å². The summed E-state index contributed by atoms with van der Waals surface area (Å²) >= 11 is 0. The fourth-order valence-electron chi connectivity index (χ4n) is 3.31. The Kier molecular flexibility index (Phi) is 11.3. The third-order valence-corrected chi connectivity index (χ3v) is 5.03. The highest BCUT2D eigenvalue weighted by Gasteiger charge is 2.29. The monoisotopic (exact) mass is 427 g/mol. The molecular weight excluding hydrogens is 390 g/mol. The summed E-state index contributed by atoms with van der Waals surface area (Å²) in [5.41, 5.74) is 5.51. The van der Waals surface area contributed by atoms with Gasteiger partial charge in [0.25, 0.3) is 0 Å². The molecule has 0 saturated carbocycles. The van der Waals surface area contributed by atoms with Crippen LogP contribution < -0.4 is 27.0 Å². The van der Waals surface area contributed by atoms with Crippen molar-refractivity contribution in [3.8, 4) is 0 Å². The van der Waals surface area contributed by atoms with Crippen LogP contribution >= 0.6 is 0 Å². The normalized spacial score (nSPS) is 19.0. The molecule has 1 aliphatic heterocycles. The van der Waals surface area contributed by atoms with Gasteiger partial charge in [0.15, 0.2) is 0 Å². The summed E-state index contributed by atoms with van der Waals surface area (Å²) in [4.78, 5) is 48.9. The van der Waals surface area contributed by atoms with Gasteiger partial charge in [-0.2, -0.15) is 0 Å². The van der Waals surface area contributed by atoms with Crippen molar-refractivity contribution in [1.29, 1.82) is 0 Å². The largest absolute Gasteiger partial charge is 0.480 e. The van der Waals surface area contributed by atoms with Crippen molar-refractivity contribution in [2.24, 2.45) is 11.7 Å². The maximum Gasteiger partial charge on any atom is 0.326 e. The Labute approximate surface area is 178 Å². The Hall–Kier alpha value is -2.20. The molecule has 0 spiro atoms. The lowest BCUT2D eigenvalue weighted by Gasteiger charge is -2.24. The number of nitrogens with one attached hydrogen (secondary N) is 4. The molecule has 10 nitrogen and oxygen atoms in total. The van der Waals surface area contributed by atoms with Crippen LogP contribution in [0.2, 0.25) is 0 Å². The molecule has 7 N–H and O–H groups in total. The average Bonchev–Trinajstić information content (AvgIpc) is 3.21. The fraction of sp³-hybridized carbons (Fsp3) is 0.800. The lowest BCUT2D eigenvalue weighted by atomic mass is 10.0. The van der Waals surface area contributed by atoms with E-state index in [2.05, 4.69) is 21.3 Å². The van der Waals surface area contributed by atoms with Gasteiger partial charge >= 0.3 is 5.97 Å². The molecule has 1 aliphatic rings. The second kappa shape index (κ2) is 13.2. The first kappa shape index (κ1) is 25.8. The molecule has 10 heteroatoms. The second-order valence-corrected chi connectivity index (χ2v) is 8.25. The van der Waals surface area contributed by atoms with Gasteiger partial charge < -0.3 is 32.1 Å². The Morgan fingerprint density at radius 2 is 1.70 bits per heavy atom. The highest BCUT2D eigenvalue weighted by molar-refractivity contribution is 5.93. The smallest absolute Gasteiger partial charge is 0.326 e. The molecular formula is C20H37N5O5. The summed E-state index contributed by atoms with van der Waals surface area (Å²) in [6.45, 7) is 6.51. The number of rotatable bonds is 13. The number of carboxylic acids is 1. The Bertz CT molecular complexity index is 592. The summed E-state index contributed by atoms with van der Waals surface area (Å²) in [6, 6.07) is -3.06. The van der Waals surface area contributed by atoms with Crippen LogP contribution in [-0.4, -0.2) is 66.1 Å². The summed E-state index contributed by atoms with van der Waals surface area (Å²) in [6.07, 6.45) is 3.51. The maximum atomic E-state index is 12.7. The van der Waals surface area contributed by atoms with E-state index in [0.717, 1.165) is 19.4 Å². The minimum atomic E-state index is -1.12. The molecule has 1 rings (SSSR count). The van der Waals surface area contributed by atoms with E-state index < -0.39 is 35.9 Å². The van der Waals surface area contributed by atoms with E-state index in [0.29, 0.717) is 25.8 Å². The number of nitrogens with two attached hydrogens (primary N) is 1. The molecule has 0 radical (unpaired) electrons. The Morgan fingerprint density at radius 1 is 1.03 bits per heavy atom. The highest BCUT2D eigenvalue weighted by Crippen LogP contribution is 2.08. The number of hydrogen-bond acceptors (Lipinski definition) is 6. The van der Waals surface area contributed by atoms with E-state index in [-0.39, 0.29) is 24.3 Å². The summed E-state index contributed by atoms with van der Waals surface area (Å²) in [5.74, 6) is -2.33. The molecule has 4 unspecified atom stereocenters. The maximum absolute atomic E-state index is 12.7. The summed E-state index contributed by atoms with van der Waals surface area (Å²) in [7, 11) is 0. The molecule has 1 saturated heterocycles. The predicted octanol–water partition coefficient (Wildman–Crippen LogP) is -0.528. The van der Waals surface area contributed by atoms with E-state index in [1.54, 1.807) is 6.92 Å². The van der Waals surface area contributed by atoms with E-state index in [1.165, 1.54) is 0 Å². The van der Waals surface area contributed by atoms with Crippen molar-refractivity contribution < 1.29 is 24.3 Å². The number of hydrogen-bond donors (Lipinski definition) is 6. The zero-order valence-corrected chi connectivity index (χ0v) is 18.2. The number of amides is 3. The molecule has 3 amide bonds. The minimum Gasteiger partial charge on any atom is -0.480 e. The van der Waals surface area contributed by atoms with E-state index in [4.69, 9.17) is 5.73 Å². The van der Waals surface area contributed by atoms with Crippen molar-refractivity contribution in [2.75, 3.05) is 13.1 Å². The Balaban J connectivity index is 2.72. The molecule has 0 aromatic heterocycles. The molecule has 1 heterocycles. The first-order valence-electron chi connectivity index (χ1n) is 10.7. The number of carbonyl (C=O) groups is 4. The third-order valence-electron chi connectivity index (χ3n) is 5.03. The van der Waals surface area contributed by atoms with Gasteiger partial charge in [-0.05, 0) is 64.5 Å². The predicted molar refractivity (Wildman–Crippen MR) is 112 cm³/mol. The van der Waals surface area contributed by atoms with Crippen LogP contribution in [0.15, 0.2) is 0 Å². The van der Waals surface area contributed by atoms with Crippen LogP contribution in [0.1, 0.15) is 59.3 Å².